The summed E-state index contributed by atoms with van der Waals surface area (Å²) in [6, 6.07) is 37.7. The van der Waals surface area contributed by atoms with Crippen molar-refractivity contribution in [3.63, 3.8) is 0 Å². The van der Waals surface area contributed by atoms with Gasteiger partial charge in [0.05, 0.1) is 11.1 Å². The molecular weight excluding hydrogens is 871 g/mol. The van der Waals surface area contributed by atoms with E-state index in [-0.39, 0.29) is 50.5 Å². The number of phenols is 2. The number of hydrogen-bond acceptors (Lipinski definition) is 2. The summed E-state index contributed by atoms with van der Waals surface area (Å²) in [4.78, 5) is 0. The number of phenolic OH excluding ortho intramolecular Hbond substituents is 2. The van der Waals surface area contributed by atoms with E-state index in [1.807, 2.05) is 0 Å². The fourth-order valence-corrected chi connectivity index (χ4v) is 7.36. The molecule has 2 nitrogen and oxygen atoms in total. The summed E-state index contributed by atoms with van der Waals surface area (Å²) in [6.45, 7) is 27.2. The second-order valence-electron chi connectivity index (χ2n) is 20.7. The molecule has 6 aromatic carbocycles. The predicted molar refractivity (Wildman–Crippen MR) is 248 cm³/mol. The number of rotatable bonds is 0. The molecule has 2 aliphatic rings. The van der Waals surface area contributed by atoms with Crippen LogP contribution < -0.4 is 0 Å². The van der Waals surface area contributed by atoms with Crippen LogP contribution >= 0.6 is 0 Å². The number of aromatic hydroxyl groups is 2. The molecule has 8 rings (SSSR count). The molecule has 344 valence electrons. The van der Waals surface area contributed by atoms with Crippen molar-refractivity contribution in [1.82, 2.24) is 0 Å². The van der Waals surface area contributed by atoms with Gasteiger partial charge in [0, 0.05) is 0 Å². The first-order chi connectivity index (χ1) is 29.3. The second-order valence-corrected chi connectivity index (χ2v) is 20.7. The number of hydrogen-bond donors (Lipinski definition) is 2. The summed E-state index contributed by atoms with van der Waals surface area (Å²) >= 11 is 0. The Morgan fingerprint density at radius 2 is 0.646 bits per heavy atom. The first kappa shape index (κ1) is 52.7. The summed E-state index contributed by atoms with van der Waals surface area (Å²) < 4.78 is 71.0. The molecule has 0 amide bonds. The van der Waals surface area contributed by atoms with Gasteiger partial charge in [-0.3, -0.25) is 0 Å². The van der Waals surface area contributed by atoms with Crippen molar-refractivity contribution < 1.29 is 53.9 Å². The number of fused-ring (bicyclic) bond motifs is 6. The van der Waals surface area contributed by atoms with E-state index in [2.05, 4.69) is 156 Å². The third-order valence-corrected chi connectivity index (χ3v) is 11.3. The van der Waals surface area contributed by atoms with Gasteiger partial charge in [0.25, 0.3) is 0 Å². The van der Waals surface area contributed by atoms with Crippen molar-refractivity contribution in [1.29, 1.82) is 0 Å². The van der Waals surface area contributed by atoms with Crippen molar-refractivity contribution in [2.24, 2.45) is 0 Å². The van der Waals surface area contributed by atoms with Crippen LogP contribution in [0.3, 0.4) is 0 Å². The smallest absolute Gasteiger partial charge is 0.508 e. The van der Waals surface area contributed by atoms with E-state index in [0.717, 1.165) is 61.4 Å². The van der Waals surface area contributed by atoms with E-state index < -0.39 is 23.5 Å². The molecule has 0 saturated carbocycles. The maximum atomic E-state index is 11.8. The normalized spacial score (nSPS) is 13.0. The third kappa shape index (κ3) is 13.6. The van der Waals surface area contributed by atoms with Crippen molar-refractivity contribution in [2.75, 3.05) is 0 Å². The molecule has 6 aromatic rings. The quantitative estimate of drug-likeness (QED) is 0.117. The number of benzene rings is 6. The van der Waals surface area contributed by atoms with Crippen molar-refractivity contribution in [2.45, 2.75) is 130 Å². The molecule has 0 unspecified atom stereocenters. The first-order valence-corrected chi connectivity index (χ1v) is 21.4. The van der Waals surface area contributed by atoms with Crippen LogP contribution in [0.4, 0.5) is 26.3 Å². The van der Waals surface area contributed by atoms with Crippen LogP contribution in [0.2, 0.25) is 0 Å². The molecule has 2 N–H and O–H groups in total. The number of alkyl halides is 6. The molecule has 9 heteroatoms. The van der Waals surface area contributed by atoms with Gasteiger partial charge in [-0.1, -0.05) is 131 Å². The average Bonchev–Trinajstić information content (AvgIpc) is 3.74. The van der Waals surface area contributed by atoms with Gasteiger partial charge in [-0.05, 0) is 105 Å². The molecule has 0 spiro atoms. The summed E-state index contributed by atoms with van der Waals surface area (Å²) in [6.07, 6.45) is -6.60. The minimum atomic E-state index is -4.33. The Bertz CT molecular complexity index is 2260. The van der Waals surface area contributed by atoms with Crippen LogP contribution in [-0.4, -0.2) is 10.2 Å². The maximum Gasteiger partial charge on any atom is 2.00 e. The molecule has 0 radical (unpaired) electrons. The van der Waals surface area contributed by atoms with Gasteiger partial charge in [-0.15, -0.1) is 22.3 Å². The van der Waals surface area contributed by atoms with Crippen LogP contribution in [0.25, 0.3) is 22.3 Å². The fourth-order valence-electron chi connectivity index (χ4n) is 7.36. The zero-order valence-electron chi connectivity index (χ0n) is 39.4. The van der Waals surface area contributed by atoms with E-state index in [0.29, 0.717) is 0 Å². The topological polar surface area (TPSA) is 40.5 Å². The van der Waals surface area contributed by atoms with Gasteiger partial charge >= 0.3 is 29.7 Å². The second kappa shape index (κ2) is 19.5. The third-order valence-electron chi connectivity index (χ3n) is 11.3. The van der Waals surface area contributed by atoms with Crippen molar-refractivity contribution in [3.05, 3.63) is 177 Å². The Morgan fingerprint density at radius 3 is 0.908 bits per heavy atom. The standard InChI is InChI=1S/2C21H25.2C7H5F3O.Cr/c2*1-20(2,3)16-7-9-18-14(12-16)11-15-13-17(21(4,5)6)8-10-19(15)18;2*8-7(9,10)5-1-3-6(11)4-2-5;/h2*7-10,12H,11H2,1-6H3;2*1-4,11H;/q2*-1;;;+2. The van der Waals surface area contributed by atoms with E-state index in [4.69, 9.17) is 10.2 Å². The van der Waals surface area contributed by atoms with E-state index in [1.165, 1.54) is 66.8 Å². The molecule has 0 bridgehead atoms. The number of halogens is 6. The molecule has 2 aliphatic carbocycles. The van der Waals surface area contributed by atoms with Gasteiger partial charge in [0.15, 0.2) is 0 Å². The molecule has 0 saturated heterocycles. The van der Waals surface area contributed by atoms with E-state index in [1.54, 1.807) is 0 Å². The van der Waals surface area contributed by atoms with Crippen molar-refractivity contribution in [3.8, 4) is 33.8 Å². The zero-order chi connectivity index (χ0) is 47.8. The SMILES string of the molecule is CC(C)(C)c1[c-]c2c(cc1)-c1ccc(C(C)(C)C)cc1C2.CC(C)(C)c1[c-]c2c(cc1)-c1ccc(C(C)(C)C)cc1C2.Oc1ccc(C(F)(F)F)cc1.Oc1ccc(C(F)(F)F)cc1.[Cr+2]. The average molecular weight is 931 g/mol. The Kier molecular flexibility index (Phi) is 15.8. The molecule has 0 aromatic heterocycles. The van der Waals surface area contributed by atoms with Gasteiger partial charge < -0.3 is 10.2 Å². The van der Waals surface area contributed by atoms with Crippen LogP contribution in [0.15, 0.2) is 109 Å². The van der Waals surface area contributed by atoms with E-state index in [9.17, 15) is 26.3 Å². The zero-order valence-corrected chi connectivity index (χ0v) is 40.7. The summed E-state index contributed by atoms with van der Waals surface area (Å²) in [7, 11) is 0. The van der Waals surface area contributed by atoms with Crippen molar-refractivity contribution >= 4 is 0 Å². The molecule has 0 fully saturated rings. The molecule has 0 aliphatic heterocycles. The molecular formula is C56H60CrF6O2. The first-order valence-electron chi connectivity index (χ1n) is 21.4. The van der Waals surface area contributed by atoms with Crippen LogP contribution in [-0.2, 0) is 64.2 Å². The molecule has 65 heavy (non-hydrogen) atoms. The summed E-state index contributed by atoms with van der Waals surface area (Å²) in [5.41, 5.74) is 15.9. The molecule has 0 heterocycles. The minimum Gasteiger partial charge on any atom is -0.508 e. The van der Waals surface area contributed by atoms with Gasteiger partial charge in [-0.25, -0.2) is 0 Å². The van der Waals surface area contributed by atoms with Gasteiger partial charge in [0.2, 0.25) is 0 Å². The Balaban J connectivity index is 0.000000198. The summed E-state index contributed by atoms with van der Waals surface area (Å²) in [5.74, 6) is -0.337. The Morgan fingerprint density at radius 1 is 0.369 bits per heavy atom. The van der Waals surface area contributed by atoms with Crippen LogP contribution in [0.1, 0.15) is 139 Å². The van der Waals surface area contributed by atoms with E-state index >= 15 is 0 Å². The Hall–Kier alpha value is -4.97. The predicted octanol–water partition coefficient (Wildman–Crippen LogP) is 16.1. The minimum absolute atomic E-state index is 0. The monoisotopic (exact) mass is 930 g/mol. The maximum absolute atomic E-state index is 11.8. The van der Waals surface area contributed by atoms with Crippen LogP contribution in [0, 0.1) is 12.1 Å². The van der Waals surface area contributed by atoms with Crippen LogP contribution in [0.5, 0.6) is 11.5 Å². The van der Waals surface area contributed by atoms with Gasteiger partial charge in [-0.2, -0.15) is 73.9 Å². The largest absolute Gasteiger partial charge is 2.00 e. The Labute approximate surface area is 392 Å². The molecule has 0 atom stereocenters. The van der Waals surface area contributed by atoms with Gasteiger partial charge in [0.1, 0.15) is 11.5 Å². The fraction of sp³-hybridized carbons (Fsp3) is 0.357. The summed E-state index contributed by atoms with van der Waals surface area (Å²) in [5, 5.41) is 17.3.